The van der Waals surface area contributed by atoms with Gasteiger partial charge >= 0.3 is 6.01 Å². The normalized spacial score (nSPS) is 16.0. The number of hydrogen-bond acceptors (Lipinski definition) is 5. The zero-order valence-corrected chi connectivity index (χ0v) is 8.06. The molecule has 2 heterocycles. The van der Waals surface area contributed by atoms with E-state index in [1.165, 1.54) is 6.39 Å². The molecule has 0 radical (unpaired) electrons. The van der Waals surface area contributed by atoms with Crippen LogP contribution in [0.15, 0.2) is 20.8 Å². The second-order valence-corrected chi connectivity index (χ2v) is 2.23. The van der Waals surface area contributed by atoms with Gasteiger partial charge in [-0.2, -0.15) is 0 Å². The standard InChI is InChI=1S/C4H7N3.C3H5N3O/c1-5-4-6-2-3-7-4;1-4-3-6-5-2-7-3/h2H,3H2,1H3,(H,5,7);2H,1H3,(H,4,6). The van der Waals surface area contributed by atoms with Crippen molar-refractivity contribution in [3.63, 3.8) is 0 Å². The first-order chi connectivity index (χ1) is 6.86. The highest BCUT2D eigenvalue weighted by Gasteiger charge is 1.94. The molecule has 1 aromatic heterocycles. The monoisotopic (exact) mass is 196 g/mol. The molecule has 76 valence electrons. The molecule has 0 aliphatic carbocycles. The molecule has 7 nitrogen and oxygen atoms in total. The molecule has 0 bridgehead atoms. The van der Waals surface area contributed by atoms with Gasteiger partial charge in [-0.15, -0.1) is 5.10 Å². The molecule has 0 fully saturated rings. The topological polar surface area (TPSA) is 87.7 Å². The van der Waals surface area contributed by atoms with Crippen LogP contribution in [-0.2, 0) is 0 Å². The summed E-state index contributed by atoms with van der Waals surface area (Å²) in [6.45, 7) is 0.826. The second-order valence-electron chi connectivity index (χ2n) is 2.23. The maximum absolute atomic E-state index is 4.65. The molecular weight excluding hydrogens is 184 g/mol. The molecule has 0 saturated carbocycles. The van der Waals surface area contributed by atoms with Crippen LogP contribution in [0.3, 0.4) is 0 Å². The quantitative estimate of drug-likeness (QED) is 0.647. The number of anilines is 1. The molecule has 1 aliphatic rings. The Hall–Kier alpha value is -1.92. The van der Waals surface area contributed by atoms with Crippen LogP contribution in [-0.4, -0.2) is 43.0 Å². The molecule has 1 aliphatic heterocycles. The number of guanidine groups is 1. The average molecular weight is 196 g/mol. The summed E-state index contributed by atoms with van der Waals surface area (Å²) in [6.07, 6.45) is 3.06. The molecular formula is C7H12N6O. The van der Waals surface area contributed by atoms with Crippen LogP contribution in [0.25, 0.3) is 0 Å². The summed E-state index contributed by atoms with van der Waals surface area (Å²) in [5.74, 6) is 0.736. The third-order valence-electron chi connectivity index (χ3n) is 1.35. The molecule has 0 saturated heterocycles. The van der Waals surface area contributed by atoms with Gasteiger partial charge in [0, 0.05) is 20.3 Å². The first kappa shape index (κ1) is 10.2. The van der Waals surface area contributed by atoms with E-state index in [1.807, 2.05) is 0 Å². The van der Waals surface area contributed by atoms with Gasteiger partial charge in [0.05, 0.1) is 6.54 Å². The average Bonchev–Trinajstić information content (AvgIpc) is 2.92. The van der Waals surface area contributed by atoms with Crippen LogP contribution in [0.4, 0.5) is 6.01 Å². The molecule has 2 rings (SSSR count). The zero-order chi connectivity index (χ0) is 10.2. The summed E-state index contributed by atoms with van der Waals surface area (Å²) in [5, 5.41) is 12.5. The number of rotatable bonds is 1. The van der Waals surface area contributed by atoms with Gasteiger partial charge in [0.15, 0.2) is 0 Å². The molecule has 0 amide bonds. The van der Waals surface area contributed by atoms with Crippen LogP contribution < -0.4 is 10.6 Å². The highest BCUT2D eigenvalue weighted by atomic mass is 16.4. The van der Waals surface area contributed by atoms with Gasteiger partial charge in [0.1, 0.15) is 0 Å². The maximum Gasteiger partial charge on any atom is 0.314 e. The lowest BCUT2D eigenvalue weighted by molar-refractivity contribution is 0.569. The van der Waals surface area contributed by atoms with Crippen molar-refractivity contribution in [2.45, 2.75) is 0 Å². The van der Waals surface area contributed by atoms with Crippen LogP contribution >= 0.6 is 0 Å². The molecule has 0 atom stereocenters. The number of nitrogens with one attached hydrogen (secondary N) is 2. The Morgan fingerprint density at radius 1 is 1.64 bits per heavy atom. The smallest absolute Gasteiger partial charge is 0.314 e. The van der Waals surface area contributed by atoms with Crippen molar-refractivity contribution in [1.29, 1.82) is 0 Å². The van der Waals surface area contributed by atoms with Crippen molar-refractivity contribution in [2.24, 2.45) is 9.98 Å². The van der Waals surface area contributed by atoms with Gasteiger partial charge in [-0.25, -0.2) is 4.99 Å². The van der Waals surface area contributed by atoms with Crippen molar-refractivity contribution in [1.82, 2.24) is 15.5 Å². The fraction of sp³-hybridized carbons (Fsp3) is 0.429. The van der Waals surface area contributed by atoms with E-state index in [0.717, 1.165) is 12.5 Å². The Morgan fingerprint density at radius 3 is 2.79 bits per heavy atom. The minimum Gasteiger partial charge on any atom is -0.411 e. The van der Waals surface area contributed by atoms with Gasteiger partial charge in [0.2, 0.25) is 12.4 Å². The van der Waals surface area contributed by atoms with Crippen molar-refractivity contribution in [3.05, 3.63) is 6.39 Å². The molecule has 0 spiro atoms. The molecule has 7 heteroatoms. The second kappa shape index (κ2) is 5.68. The van der Waals surface area contributed by atoms with Crippen LogP contribution in [0.2, 0.25) is 0 Å². The summed E-state index contributed by atoms with van der Waals surface area (Å²) in [6, 6.07) is 0.444. The summed E-state index contributed by atoms with van der Waals surface area (Å²) in [7, 11) is 3.43. The highest BCUT2D eigenvalue weighted by molar-refractivity contribution is 5.94. The SMILES string of the molecule is CN=C1N=CCN1.CNc1nnco1. The summed E-state index contributed by atoms with van der Waals surface area (Å²) < 4.78 is 4.65. The predicted octanol–water partition coefficient (Wildman–Crippen LogP) is -0.243. The predicted molar refractivity (Wildman–Crippen MR) is 53.7 cm³/mol. The molecule has 2 N–H and O–H groups in total. The first-order valence-corrected chi connectivity index (χ1v) is 4.04. The fourth-order valence-electron chi connectivity index (χ4n) is 0.733. The molecule has 14 heavy (non-hydrogen) atoms. The van der Waals surface area contributed by atoms with E-state index in [0.29, 0.717) is 6.01 Å². The van der Waals surface area contributed by atoms with Crippen LogP contribution in [0.1, 0.15) is 0 Å². The lowest BCUT2D eigenvalue weighted by Crippen LogP contribution is -2.14. The van der Waals surface area contributed by atoms with Crippen LogP contribution in [0, 0.1) is 0 Å². The van der Waals surface area contributed by atoms with Gasteiger partial charge in [0.25, 0.3) is 0 Å². The Morgan fingerprint density at radius 2 is 2.50 bits per heavy atom. The van der Waals surface area contributed by atoms with E-state index >= 15 is 0 Å². The Bertz CT molecular complexity index is 301. The lowest BCUT2D eigenvalue weighted by atomic mass is 10.8. The van der Waals surface area contributed by atoms with Gasteiger partial charge in [-0.05, 0) is 0 Å². The van der Waals surface area contributed by atoms with Gasteiger partial charge in [-0.3, -0.25) is 4.99 Å². The maximum atomic E-state index is 4.65. The molecule has 0 unspecified atom stereocenters. The Balaban J connectivity index is 0.000000140. The highest BCUT2D eigenvalue weighted by Crippen LogP contribution is 1.93. The van der Waals surface area contributed by atoms with E-state index in [-0.39, 0.29) is 0 Å². The Kier molecular flexibility index (Phi) is 4.12. The summed E-state index contributed by atoms with van der Waals surface area (Å²) >= 11 is 0. The largest absolute Gasteiger partial charge is 0.411 e. The lowest BCUT2D eigenvalue weighted by Gasteiger charge is -1.87. The third kappa shape index (κ3) is 3.21. The molecule has 1 aromatic rings. The zero-order valence-electron chi connectivity index (χ0n) is 8.06. The number of nitrogens with zero attached hydrogens (tertiary/aromatic N) is 4. The minimum absolute atomic E-state index is 0.444. The first-order valence-electron chi connectivity index (χ1n) is 4.04. The number of aliphatic imine (C=N–C) groups is 2. The third-order valence-corrected chi connectivity index (χ3v) is 1.35. The van der Waals surface area contributed by atoms with Crippen molar-refractivity contribution in [2.75, 3.05) is 26.0 Å². The van der Waals surface area contributed by atoms with Crippen molar-refractivity contribution < 1.29 is 4.42 Å². The van der Waals surface area contributed by atoms with E-state index in [2.05, 4.69) is 35.2 Å². The fourth-order valence-corrected chi connectivity index (χ4v) is 0.733. The number of hydrogen-bond donors (Lipinski definition) is 2. The van der Waals surface area contributed by atoms with Crippen molar-refractivity contribution in [3.8, 4) is 0 Å². The van der Waals surface area contributed by atoms with E-state index in [1.54, 1.807) is 20.3 Å². The Labute approximate surface area is 81.3 Å². The van der Waals surface area contributed by atoms with E-state index in [4.69, 9.17) is 0 Å². The minimum atomic E-state index is 0.444. The number of aromatic nitrogens is 2. The summed E-state index contributed by atoms with van der Waals surface area (Å²) in [4.78, 5) is 7.66. The van der Waals surface area contributed by atoms with E-state index in [9.17, 15) is 0 Å². The van der Waals surface area contributed by atoms with Gasteiger partial charge in [-0.1, -0.05) is 5.10 Å². The summed E-state index contributed by atoms with van der Waals surface area (Å²) in [5.41, 5.74) is 0. The van der Waals surface area contributed by atoms with E-state index < -0.39 is 0 Å². The molecule has 0 aromatic carbocycles. The van der Waals surface area contributed by atoms with Crippen LogP contribution in [0.5, 0.6) is 0 Å². The van der Waals surface area contributed by atoms with Crippen molar-refractivity contribution >= 4 is 18.2 Å². The van der Waals surface area contributed by atoms with Gasteiger partial charge < -0.3 is 15.1 Å².